The Morgan fingerprint density at radius 3 is 2.46 bits per heavy atom. The van der Waals surface area contributed by atoms with Crippen LogP contribution in [0, 0.1) is 0 Å². The first-order chi connectivity index (χ1) is 12.6. The number of nitrogens with zero attached hydrogens (tertiary/aromatic N) is 3. The molecule has 1 amide bonds. The van der Waals surface area contributed by atoms with Gasteiger partial charge in [-0.15, -0.1) is 0 Å². The minimum atomic E-state index is -0.123. The van der Waals surface area contributed by atoms with Gasteiger partial charge in [0.05, 0.1) is 11.6 Å². The number of hydrogen-bond donors (Lipinski definition) is 0. The number of benzene rings is 2. The summed E-state index contributed by atoms with van der Waals surface area (Å²) in [6, 6.07) is 17.0. The van der Waals surface area contributed by atoms with Gasteiger partial charge >= 0.3 is 0 Å². The van der Waals surface area contributed by atoms with Crippen LogP contribution in [0.25, 0.3) is 0 Å². The minimum Gasteiger partial charge on any atom is -0.332 e. The van der Waals surface area contributed by atoms with Crippen LogP contribution in [0.5, 0.6) is 0 Å². The summed E-state index contributed by atoms with van der Waals surface area (Å²) in [6.07, 6.45) is 3.66. The van der Waals surface area contributed by atoms with Gasteiger partial charge in [-0.05, 0) is 30.2 Å². The fourth-order valence-electron chi connectivity index (χ4n) is 3.57. The third kappa shape index (κ3) is 2.81. The maximum absolute atomic E-state index is 13.2. The average Bonchev–Trinajstić information content (AvgIpc) is 3.21. The van der Waals surface area contributed by atoms with Gasteiger partial charge in [0.25, 0.3) is 5.91 Å². The number of carbonyl (C=O) groups excluding carboxylic acids is 2. The van der Waals surface area contributed by atoms with Crippen LogP contribution in [0.2, 0.25) is 0 Å². The zero-order chi connectivity index (χ0) is 18.1. The van der Waals surface area contributed by atoms with E-state index in [1.165, 1.54) is 12.5 Å². The second-order valence-electron chi connectivity index (χ2n) is 6.49. The van der Waals surface area contributed by atoms with E-state index in [-0.39, 0.29) is 17.7 Å². The monoisotopic (exact) mass is 345 g/mol. The number of rotatable bonds is 3. The molecule has 1 aliphatic heterocycles. The molecule has 2 heterocycles. The Morgan fingerprint density at radius 1 is 1.00 bits per heavy atom. The van der Waals surface area contributed by atoms with Crippen molar-refractivity contribution in [3.63, 3.8) is 0 Å². The summed E-state index contributed by atoms with van der Waals surface area (Å²) in [4.78, 5) is 26.9. The van der Waals surface area contributed by atoms with Crippen molar-refractivity contribution in [1.29, 1.82) is 0 Å². The molecule has 5 heteroatoms. The predicted molar refractivity (Wildman–Crippen MR) is 98.0 cm³/mol. The number of ketones is 1. The Kier molecular flexibility index (Phi) is 4.13. The second-order valence-corrected chi connectivity index (χ2v) is 6.49. The lowest BCUT2D eigenvalue weighted by Crippen LogP contribution is -2.41. The van der Waals surface area contributed by atoms with Gasteiger partial charge in [-0.2, -0.15) is 5.10 Å². The molecular weight excluding hydrogens is 326 g/mol. The van der Waals surface area contributed by atoms with Crippen LogP contribution < -0.4 is 0 Å². The molecule has 1 aliphatic rings. The molecule has 0 fully saturated rings. The summed E-state index contributed by atoms with van der Waals surface area (Å²) in [5, 5.41) is 4.38. The molecule has 0 spiro atoms. The molecule has 0 saturated carbocycles. The number of amides is 1. The third-order valence-electron chi connectivity index (χ3n) is 4.84. The largest absolute Gasteiger partial charge is 0.332 e. The highest BCUT2D eigenvalue weighted by Gasteiger charge is 2.30. The van der Waals surface area contributed by atoms with E-state index < -0.39 is 0 Å². The van der Waals surface area contributed by atoms with Crippen LogP contribution in [-0.4, -0.2) is 32.9 Å². The Labute approximate surface area is 151 Å². The molecule has 1 aromatic heterocycles. The first-order valence-electron chi connectivity index (χ1n) is 8.61. The summed E-state index contributed by atoms with van der Waals surface area (Å²) in [5.74, 6) is -0.225. The number of fused-ring (bicyclic) bond motifs is 1. The molecule has 26 heavy (non-hydrogen) atoms. The molecule has 0 radical (unpaired) electrons. The fourth-order valence-corrected chi connectivity index (χ4v) is 3.57. The molecule has 130 valence electrons. The molecule has 0 saturated heterocycles. The lowest BCUT2D eigenvalue weighted by molar-refractivity contribution is 0.0702. The highest BCUT2D eigenvalue weighted by molar-refractivity contribution is 6.07. The zero-order valence-corrected chi connectivity index (χ0v) is 14.5. The normalized spacial score (nSPS) is 16.2. The molecule has 5 nitrogen and oxygen atoms in total. The van der Waals surface area contributed by atoms with Crippen molar-refractivity contribution in [3.05, 3.63) is 89.2 Å². The number of hydrogen-bond acceptors (Lipinski definition) is 3. The van der Waals surface area contributed by atoms with Gasteiger partial charge < -0.3 is 4.90 Å². The van der Waals surface area contributed by atoms with Crippen molar-refractivity contribution in [2.75, 3.05) is 6.54 Å². The summed E-state index contributed by atoms with van der Waals surface area (Å²) in [6.45, 7) is 2.53. The summed E-state index contributed by atoms with van der Waals surface area (Å²) >= 11 is 0. The quantitative estimate of drug-likeness (QED) is 0.684. The van der Waals surface area contributed by atoms with E-state index in [9.17, 15) is 9.59 Å². The van der Waals surface area contributed by atoms with Crippen LogP contribution in [0.15, 0.2) is 67.0 Å². The first kappa shape index (κ1) is 16.3. The number of carbonyl (C=O) groups is 2. The van der Waals surface area contributed by atoms with Crippen LogP contribution in [0.4, 0.5) is 0 Å². The first-order valence-corrected chi connectivity index (χ1v) is 8.61. The SMILES string of the molecule is CC(=O)c1ccccc1C(=O)N1Cc2ccccc2C(n2cccn2)C1. The van der Waals surface area contributed by atoms with E-state index in [2.05, 4.69) is 11.2 Å². The average molecular weight is 345 g/mol. The van der Waals surface area contributed by atoms with Crippen molar-refractivity contribution in [2.45, 2.75) is 19.5 Å². The van der Waals surface area contributed by atoms with Crippen molar-refractivity contribution in [2.24, 2.45) is 0 Å². The summed E-state index contributed by atoms with van der Waals surface area (Å²) in [7, 11) is 0. The molecule has 4 rings (SSSR count). The van der Waals surface area contributed by atoms with E-state index in [1.54, 1.807) is 35.4 Å². The highest BCUT2D eigenvalue weighted by atomic mass is 16.2. The third-order valence-corrected chi connectivity index (χ3v) is 4.84. The fraction of sp³-hybridized carbons (Fsp3) is 0.190. The maximum atomic E-state index is 13.2. The van der Waals surface area contributed by atoms with E-state index in [1.807, 2.05) is 35.1 Å². The van der Waals surface area contributed by atoms with Gasteiger partial charge in [0.2, 0.25) is 0 Å². The minimum absolute atomic E-state index is 0.0385. The molecule has 1 atom stereocenters. The predicted octanol–water partition coefficient (Wildman–Crippen LogP) is 3.33. The van der Waals surface area contributed by atoms with Crippen LogP contribution >= 0.6 is 0 Å². The maximum Gasteiger partial charge on any atom is 0.254 e. The van der Waals surface area contributed by atoms with Gasteiger partial charge in [-0.3, -0.25) is 14.3 Å². The molecule has 1 unspecified atom stereocenters. The van der Waals surface area contributed by atoms with Crippen LogP contribution in [0.3, 0.4) is 0 Å². The van der Waals surface area contributed by atoms with Crippen LogP contribution in [0.1, 0.15) is 44.8 Å². The van der Waals surface area contributed by atoms with E-state index in [0.29, 0.717) is 24.2 Å². The van der Waals surface area contributed by atoms with Gasteiger partial charge in [-0.1, -0.05) is 42.5 Å². The molecule has 0 bridgehead atoms. The molecular formula is C21H19N3O2. The van der Waals surface area contributed by atoms with Crippen molar-refractivity contribution in [1.82, 2.24) is 14.7 Å². The highest BCUT2D eigenvalue weighted by Crippen LogP contribution is 2.30. The smallest absolute Gasteiger partial charge is 0.254 e. The van der Waals surface area contributed by atoms with Gasteiger partial charge in [-0.25, -0.2) is 0 Å². The Hall–Kier alpha value is -3.21. The standard InChI is InChI=1S/C21H19N3O2/c1-15(25)17-8-4-5-10-19(17)21(26)23-13-16-7-2-3-9-18(16)20(14-23)24-12-6-11-22-24/h2-12,20H,13-14H2,1H3. The lowest BCUT2D eigenvalue weighted by atomic mass is 9.94. The summed E-state index contributed by atoms with van der Waals surface area (Å²) < 4.78 is 1.88. The van der Waals surface area contributed by atoms with Gasteiger partial charge in [0.1, 0.15) is 0 Å². The van der Waals surface area contributed by atoms with E-state index >= 15 is 0 Å². The van der Waals surface area contributed by atoms with Crippen molar-refractivity contribution in [3.8, 4) is 0 Å². The van der Waals surface area contributed by atoms with Crippen molar-refractivity contribution >= 4 is 11.7 Å². The van der Waals surface area contributed by atoms with Gasteiger partial charge in [0, 0.05) is 31.0 Å². The second kappa shape index (κ2) is 6.59. The Balaban J connectivity index is 1.73. The number of Topliss-reactive ketones (excluding diaryl/α,β-unsaturated/α-hetero) is 1. The van der Waals surface area contributed by atoms with Gasteiger partial charge in [0.15, 0.2) is 5.78 Å². The van der Waals surface area contributed by atoms with Crippen molar-refractivity contribution < 1.29 is 9.59 Å². The molecule has 3 aromatic rings. The molecule has 0 N–H and O–H groups in total. The van der Waals surface area contributed by atoms with Crippen LogP contribution in [-0.2, 0) is 6.54 Å². The molecule has 0 aliphatic carbocycles. The molecule has 2 aromatic carbocycles. The number of aromatic nitrogens is 2. The lowest BCUT2D eigenvalue weighted by Gasteiger charge is -2.35. The Morgan fingerprint density at radius 2 is 1.73 bits per heavy atom. The zero-order valence-electron chi connectivity index (χ0n) is 14.5. The van der Waals surface area contributed by atoms with E-state index in [4.69, 9.17) is 0 Å². The topological polar surface area (TPSA) is 55.2 Å². The summed E-state index contributed by atoms with van der Waals surface area (Å²) in [5.41, 5.74) is 3.21. The van der Waals surface area contributed by atoms with E-state index in [0.717, 1.165) is 5.56 Å². The Bertz CT molecular complexity index is 963.